The lowest BCUT2D eigenvalue weighted by Crippen LogP contribution is -2.42. The van der Waals surface area contributed by atoms with Crippen LogP contribution in [0.4, 0.5) is 17.1 Å². The largest absolute Gasteiger partial charge is 0.506 e. The minimum Gasteiger partial charge on any atom is -0.506 e. The van der Waals surface area contributed by atoms with Crippen molar-refractivity contribution in [2.45, 2.75) is 13.8 Å². The third kappa shape index (κ3) is 3.70. The molecule has 0 aliphatic rings. The Labute approximate surface area is 138 Å². The molecule has 0 aliphatic heterocycles. The van der Waals surface area contributed by atoms with Gasteiger partial charge in [0.15, 0.2) is 0 Å². The molecule has 0 bridgehead atoms. The summed E-state index contributed by atoms with van der Waals surface area (Å²) in [6, 6.07) is 10.5. The molecule has 2 rings (SSSR count). The second kappa shape index (κ2) is 6.82. The molecule has 0 radical (unpaired) electrons. The molecular formula is C17H17N3O4. The summed E-state index contributed by atoms with van der Waals surface area (Å²) in [6.45, 7) is 2.94. The van der Waals surface area contributed by atoms with E-state index in [1.54, 1.807) is 13.0 Å². The number of carbonyl (C=O) groups is 3. The molecule has 0 saturated carbocycles. The summed E-state index contributed by atoms with van der Waals surface area (Å²) < 4.78 is 0. The molecule has 0 aliphatic carbocycles. The van der Waals surface area contributed by atoms with Crippen LogP contribution in [-0.4, -0.2) is 22.8 Å². The van der Waals surface area contributed by atoms with Crippen LogP contribution < -0.4 is 16.0 Å². The molecule has 4 N–H and O–H groups in total. The predicted octanol–water partition coefficient (Wildman–Crippen LogP) is 1.80. The van der Waals surface area contributed by atoms with Gasteiger partial charge in [0.2, 0.25) is 5.91 Å². The molecule has 3 amide bonds. The van der Waals surface area contributed by atoms with E-state index in [2.05, 4.69) is 5.32 Å². The number of hydrogen-bond acceptors (Lipinski definition) is 5. The second-order valence-electron chi connectivity index (χ2n) is 5.23. The summed E-state index contributed by atoms with van der Waals surface area (Å²) in [7, 11) is 0. The monoisotopic (exact) mass is 327 g/mol. The Balaban J connectivity index is 2.24. The number of phenolic OH excluding ortho intramolecular Hbond substituents is 1. The summed E-state index contributed by atoms with van der Waals surface area (Å²) >= 11 is 0. The van der Waals surface area contributed by atoms with Gasteiger partial charge in [-0.05, 0) is 48.9 Å². The molecular weight excluding hydrogens is 310 g/mol. The maximum atomic E-state index is 12.3. The lowest BCUT2D eigenvalue weighted by Gasteiger charge is -2.19. The number of imide groups is 1. The van der Waals surface area contributed by atoms with Gasteiger partial charge in [-0.25, -0.2) is 4.90 Å². The van der Waals surface area contributed by atoms with Crippen molar-refractivity contribution in [2.24, 2.45) is 0 Å². The van der Waals surface area contributed by atoms with E-state index in [1.165, 1.54) is 43.3 Å². The van der Waals surface area contributed by atoms with Gasteiger partial charge >= 0.3 is 11.8 Å². The summed E-state index contributed by atoms with van der Waals surface area (Å²) in [4.78, 5) is 37.0. The fraction of sp³-hybridized carbons (Fsp3) is 0.118. The highest BCUT2D eigenvalue weighted by Gasteiger charge is 2.27. The van der Waals surface area contributed by atoms with Gasteiger partial charge in [0.05, 0.1) is 11.4 Å². The number of carbonyl (C=O) groups excluding carboxylic acids is 3. The highest BCUT2D eigenvalue weighted by Crippen LogP contribution is 2.24. The average molecular weight is 327 g/mol. The van der Waals surface area contributed by atoms with Gasteiger partial charge in [0, 0.05) is 12.6 Å². The third-order valence-corrected chi connectivity index (χ3v) is 3.26. The van der Waals surface area contributed by atoms with Crippen molar-refractivity contribution in [1.29, 1.82) is 0 Å². The van der Waals surface area contributed by atoms with E-state index in [9.17, 15) is 19.5 Å². The number of nitrogen functional groups attached to an aromatic ring is 1. The first-order valence-electron chi connectivity index (χ1n) is 7.10. The topological polar surface area (TPSA) is 113 Å². The van der Waals surface area contributed by atoms with Gasteiger partial charge in [-0.1, -0.05) is 6.07 Å². The molecule has 0 spiro atoms. The van der Waals surface area contributed by atoms with E-state index in [4.69, 9.17) is 5.73 Å². The number of aryl methyl sites for hydroxylation is 1. The molecule has 124 valence electrons. The third-order valence-electron chi connectivity index (χ3n) is 3.26. The van der Waals surface area contributed by atoms with Crippen molar-refractivity contribution >= 4 is 34.8 Å². The summed E-state index contributed by atoms with van der Waals surface area (Å²) in [5.41, 5.74) is 7.14. The molecule has 7 heteroatoms. The highest BCUT2D eigenvalue weighted by atomic mass is 16.3. The molecule has 0 fully saturated rings. The second-order valence-corrected chi connectivity index (χ2v) is 5.23. The number of phenols is 1. The zero-order chi connectivity index (χ0) is 17.9. The Morgan fingerprint density at radius 1 is 1.08 bits per heavy atom. The van der Waals surface area contributed by atoms with Gasteiger partial charge < -0.3 is 16.2 Å². The smallest absolute Gasteiger partial charge is 0.323 e. The zero-order valence-electron chi connectivity index (χ0n) is 13.2. The van der Waals surface area contributed by atoms with E-state index in [-0.39, 0.29) is 17.1 Å². The van der Waals surface area contributed by atoms with Crippen LogP contribution in [0.15, 0.2) is 42.5 Å². The maximum absolute atomic E-state index is 12.3. The zero-order valence-corrected chi connectivity index (χ0v) is 13.2. The van der Waals surface area contributed by atoms with Gasteiger partial charge in [-0.15, -0.1) is 0 Å². The summed E-state index contributed by atoms with van der Waals surface area (Å²) in [5.74, 6) is -2.89. The van der Waals surface area contributed by atoms with Crippen LogP contribution in [0, 0.1) is 6.92 Å². The van der Waals surface area contributed by atoms with Crippen LogP contribution in [0.5, 0.6) is 5.75 Å². The van der Waals surface area contributed by atoms with Gasteiger partial charge in [-0.2, -0.15) is 0 Å². The number of amides is 3. The van der Waals surface area contributed by atoms with E-state index in [0.717, 1.165) is 10.5 Å². The number of benzene rings is 2. The standard InChI is InChI=1S/C17H17N3O4/c1-10-3-8-14(15(22)9-10)19-16(23)17(24)20(11(2)21)13-6-4-12(18)5-7-13/h3-9,22H,18H2,1-2H3,(H,19,23). The molecule has 7 nitrogen and oxygen atoms in total. The molecule has 2 aromatic rings. The molecule has 24 heavy (non-hydrogen) atoms. The molecule has 0 aromatic heterocycles. The number of nitrogens with zero attached hydrogens (tertiary/aromatic N) is 1. The van der Waals surface area contributed by atoms with E-state index >= 15 is 0 Å². The fourth-order valence-corrected chi connectivity index (χ4v) is 2.09. The van der Waals surface area contributed by atoms with Crippen LogP contribution >= 0.6 is 0 Å². The van der Waals surface area contributed by atoms with Crippen LogP contribution in [0.1, 0.15) is 12.5 Å². The van der Waals surface area contributed by atoms with E-state index in [1.807, 2.05) is 0 Å². The Morgan fingerprint density at radius 2 is 1.71 bits per heavy atom. The van der Waals surface area contributed by atoms with Crippen LogP contribution in [-0.2, 0) is 14.4 Å². The SMILES string of the molecule is CC(=O)N(C(=O)C(=O)Nc1ccc(C)cc1O)c1ccc(N)cc1. The van der Waals surface area contributed by atoms with E-state index < -0.39 is 17.7 Å². The van der Waals surface area contributed by atoms with Crippen molar-refractivity contribution in [2.75, 3.05) is 16.0 Å². The van der Waals surface area contributed by atoms with Gasteiger partial charge in [-0.3, -0.25) is 14.4 Å². The molecule has 0 heterocycles. The summed E-state index contributed by atoms with van der Waals surface area (Å²) in [5, 5.41) is 12.1. The number of nitrogens with one attached hydrogen (secondary N) is 1. The van der Waals surface area contributed by atoms with Gasteiger partial charge in [0.25, 0.3) is 0 Å². The van der Waals surface area contributed by atoms with Crippen LogP contribution in [0.3, 0.4) is 0 Å². The molecule has 0 saturated heterocycles. The summed E-state index contributed by atoms with van der Waals surface area (Å²) in [6.07, 6.45) is 0. The average Bonchev–Trinajstić information content (AvgIpc) is 2.51. The van der Waals surface area contributed by atoms with Crippen LogP contribution in [0.2, 0.25) is 0 Å². The number of aromatic hydroxyl groups is 1. The maximum Gasteiger partial charge on any atom is 0.323 e. The van der Waals surface area contributed by atoms with Crippen molar-refractivity contribution < 1.29 is 19.5 Å². The number of nitrogens with two attached hydrogens (primary N) is 1. The quantitative estimate of drug-likeness (QED) is 0.442. The Bertz CT molecular complexity index is 800. The van der Waals surface area contributed by atoms with Crippen molar-refractivity contribution in [3.05, 3.63) is 48.0 Å². The Hall–Kier alpha value is -3.35. The first-order chi connectivity index (χ1) is 11.3. The minimum atomic E-state index is -1.06. The minimum absolute atomic E-state index is 0.0831. The Kier molecular flexibility index (Phi) is 4.84. The molecule has 2 aromatic carbocycles. The normalized spacial score (nSPS) is 10.1. The first-order valence-corrected chi connectivity index (χ1v) is 7.10. The highest BCUT2D eigenvalue weighted by molar-refractivity contribution is 6.48. The van der Waals surface area contributed by atoms with Crippen molar-refractivity contribution in [3.8, 4) is 5.75 Å². The lowest BCUT2D eigenvalue weighted by atomic mass is 10.2. The van der Waals surface area contributed by atoms with Crippen molar-refractivity contribution in [3.63, 3.8) is 0 Å². The first kappa shape index (κ1) is 17.0. The lowest BCUT2D eigenvalue weighted by molar-refractivity contribution is -0.136. The number of rotatable bonds is 2. The van der Waals surface area contributed by atoms with Gasteiger partial charge in [0.1, 0.15) is 5.75 Å². The predicted molar refractivity (Wildman–Crippen MR) is 90.5 cm³/mol. The van der Waals surface area contributed by atoms with Crippen LogP contribution in [0.25, 0.3) is 0 Å². The Morgan fingerprint density at radius 3 is 2.25 bits per heavy atom. The number of hydrogen-bond donors (Lipinski definition) is 3. The number of anilines is 3. The van der Waals surface area contributed by atoms with E-state index in [0.29, 0.717) is 5.69 Å². The molecule has 0 atom stereocenters. The molecule has 0 unspecified atom stereocenters. The van der Waals surface area contributed by atoms with Crippen molar-refractivity contribution in [1.82, 2.24) is 0 Å². The fourth-order valence-electron chi connectivity index (χ4n) is 2.09.